The van der Waals surface area contributed by atoms with E-state index in [-0.39, 0.29) is 36.5 Å². The number of ketones is 1. The zero-order valence-corrected chi connectivity index (χ0v) is 17.3. The molecule has 5 nitrogen and oxygen atoms in total. The Morgan fingerprint density at radius 2 is 1.55 bits per heavy atom. The molecule has 2 heterocycles. The highest BCUT2D eigenvalue weighted by molar-refractivity contribution is 6.09. The van der Waals surface area contributed by atoms with Gasteiger partial charge in [-0.15, -0.1) is 0 Å². The normalized spacial score (nSPS) is 22.8. The van der Waals surface area contributed by atoms with Crippen molar-refractivity contribution in [3.8, 4) is 0 Å². The van der Waals surface area contributed by atoms with Crippen molar-refractivity contribution >= 4 is 22.6 Å². The van der Waals surface area contributed by atoms with E-state index in [9.17, 15) is 9.59 Å². The fourth-order valence-corrected chi connectivity index (χ4v) is 4.88. The van der Waals surface area contributed by atoms with E-state index in [1.54, 1.807) is 4.90 Å². The molecule has 0 spiro atoms. The van der Waals surface area contributed by atoms with Crippen LogP contribution in [0.1, 0.15) is 28.8 Å². The lowest BCUT2D eigenvalue weighted by Gasteiger charge is -2.47. The molecule has 2 unspecified atom stereocenters. The number of amides is 1. The van der Waals surface area contributed by atoms with E-state index in [2.05, 4.69) is 0 Å². The molecule has 2 atom stereocenters. The first-order valence-electron chi connectivity index (χ1n) is 10.8. The summed E-state index contributed by atoms with van der Waals surface area (Å²) in [5.74, 6) is 0.0360. The zero-order valence-electron chi connectivity index (χ0n) is 17.3. The summed E-state index contributed by atoms with van der Waals surface area (Å²) in [7, 11) is 0. The molecule has 3 aromatic carbocycles. The van der Waals surface area contributed by atoms with Crippen LogP contribution >= 0.6 is 0 Å². The number of carbonyl (C=O) groups is 2. The minimum Gasteiger partial charge on any atom is -0.445 e. The van der Waals surface area contributed by atoms with Crippen molar-refractivity contribution in [3.63, 3.8) is 0 Å². The number of ether oxygens (including phenoxy) is 2. The van der Waals surface area contributed by atoms with Crippen LogP contribution in [0, 0.1) is 5.92 Å². The molecule has 0 aromatic heterocycles. The van der Waals surface area contributed by atoms with Gasteiger partial charge in [-0.2, -0.15) is 0 Å². The fraction of sp³-hybridized carbons (Fsp3) is 0.308. The van der Waals surface area contributed by atoms with Gasteiger partial charge in [-0.25, -0.2) is 4.79 Å². The first-order chi connectivity index (χ1) is 15.2. The molecule has 0 N–H and O–H groups in total. The predicted molar refractivity (Wildman–Crippen MR) is 118 cm³/mol. The Morgan fingerprint density at radius 3 is 2.32 bits per heavy atom. The van der Waals surface area contributed by atoms with Crippen LogP contribution in [0.15, 0.2) is 72.8 Å². The monoisotopic (exact) mass is 415 g/mol. The van der Waals surface area contributed by atoms with Crippen LogP contribution in [0.25, 0.3) is 10.8 Å². The quantitative estimate of drug-likeness (QED) is 0.572. The van der Waals surface area contributed by atoms with Gasteiger partial charge in [0, 0.05) is 11.5 Å². The Balaban J connectivity index is 1.31. The Bertz CT molecular complexity index is 1080. The third-order valence-corrected chi connectivity index (χ3v) is 6.36. The van der Waals surface area contributed by atoms with Crippen LogP contribution in [-0.2, 0) is 16.1 Å². The average molecular weight is 415 g/mol. The highest BCUT2D eigenvalue weighted by atomic mass is 16.6. The van der Waals surface area contributed by atoms with Gasteiger partial charge in [0.1, 0.15) is 6.61 Å². The molecule has 158 valence electrons. The maximum absolute atomic E-state index is 13.5. The van der Waals surface area contributed by atoms with Crippen molar-refractivity contribution in [2.45, 2.75) is 31.5 Å². The summed E-state index contributed by atoms with van der Waals surface area (Å²) in [6.45, 7) is 1.13. The number of hydrogen-bond acceptors (Lipinski definition) is 4. The molecule has 2 fully saturated rings. The van der Waals surface area contributed by atoms with Gasteiger partial charge in [-0.1, -0.05) is 72.8 Å². The molecular weight excluding hydrogens is 390 g/mol. The molecule has 3 aromatic rings. The number of piperidine rings is 1. The molecule has 1 amide bonds. The average Bonchev–Trinajstić information content (AvgIpc) is 2.81. The Morgan fingerprint density at radius 1 is 0.871 bits per heavy atom. The SMILES string of the molecule is O=C(c1cccc2ccccc12)C1CC2COCC(C1)N2C(=O)OCc1ccccc1. The van der Waals surface area contributed by atoms with Gasteiger partial charge in [-0.3, -0.25) is 9.69 Å². The predicted octanol–water partition coefficient (Wildman–Crippen LogP) is 4.84. The minimum atomic E-state index is -0.321. The minimum absolute atomic E-state index is 0.122. The Labute approximate surface area is 181 Å². The van der Waals surface area contributed by atoms with Gasteiger partial charge >= 0.3 is 6.09 Å². The number of Topliss-reactive ketones (excluding diaryl/α,β-unsaturated/α-hetero) is 1. The van der Waals surface area contributed by atoms with Crippen LogP contribution in [0.2, 0.25) is 0 Å². The van der Waals surface area contributed by atoms with Gasteiger partial charge < -0.3 is 9.47 Å². The Hall–Kier alpha value is -3.18. The number of carbonyl (C=O) groups excluding carboxylic acids is 2. The molecule has 2 aliphatic heterocycles. The van der Waals surface area contributed by atoms with Crippen LogP contribution in [0.4, 0.5) is 4.79 Å². The third kappa shape index (κ3) is 3.93. The molecule has 5 rings (SSSR count). The highest BCUT2D eigenvalue weighted by Crippen LogP contribution is 2.35. The van der Waals surface area contributed by atoms with Gasteiger partial charge in [-0.05, 0) is 29.2 Å². The van der Waals surface area contributed by atoms with Crippen molar-refractivity contribution in [1.82, 2.24) is 4.90 Å². The summed E-state index contributed by atoms with van der Waals surface area (Å²) in [6.07, 6.45) is 0.871. The molecule has 2 aliphatic rings. The number of rotatable bonds is 4. The summed E-state index contributed by atoms with van der Waals surface area (Å²) in [6, 6.07) is 23.2. The first-order valence-corrected chi connectivity index (χ1v) is 10.8. The summed E-state index contributed by atoms with van der Waals surface area (Å²) in [5, 5.41) is 2.06. The van der Waals surface area contributed by atoms with Crippen molar-refractivity contribution in [2.24, 2.45) is 5.92 Å². The van der Waals surface area contributed by atoms with E-state index >= 15 is 0 Å². The fourth-order valence-electron chi connectivity index (χ4n) is 4.88. The van der Waals surface area contributed by atoms with Crippen LogP contribution < -0.4 is 0 Å². The molecule has 0 aliphatic carbocycles. The van der Waals surface area contributed by atoms with E-state index < -0.39 is 0 Å². The largest absolute Gasteiger partial charge is 0.445 e. The van der Waals surface area contributed by atoms with Crippen LogP contribution in [-0.4, -0.2) is 42.1 Å². The van der Waals surface area contributed by atoms with Crippen molar-refractivity contribution < 1.29 is 19.1 Å². The van der Waals surface area contributed by atoms with Crippen LogP contribution in [0.5, 0.6) is 0 Å². The van der Waals surface area contributed by atoms with E-state index in [0.717, 1.165) is 21.9 Å². The lowest BCUT2D eigenvalue weighted by Crippen LogP contribution is -2.59. The van der Waals surface area contributed by atoms with E-state index in [0.29, 0.717) is 26.1 Å². The summed E-state index contributed by atoms with van der Waals surface area (Å²) in [5.41, 5.74) is 1.72. The maximum Gasteiger partial charge on any atom is 0.410 e. The molecule has 0 radical (unpaired) electrons. The summed E-state index contributed by atoms with van der Waals surface area (Å²) < 4.78 is 11.3. The van der Waals surface area contributed by atoms with E-state index in [1.165, 1.54) is 0 Å². The molecule has 2 saturated heterocycles. The topological polar surface area (TPSA) is 55.8 Å². The maximum atomic E-state index is 13.5. The number of nitrogens with zero attached hydrogens (tertiary/aromatic N) is 1. The van der Waals surface area contributed by atoms with Gasteiger partial charge in [0.25, 0.3) is 0 Å². The molecule has 2 bridgehead atoms. The van der Waals surface area contributed by atoms with Crippen LogP contribution in [0.3, 0.4) is 0 Å². The Kier molecular flexibility index (Phi) is 5.43. The standard InChI is InChI=1S/C26H25NO4/c28-25(24-12-6-10-19-9-4-5-11-23(19)24)20-13-21-16-30-17-22(14-20)27(21)26(29)31-15-18-7-2-1-3-8-18/h1-12,20-22H,13-17H2. The van der Waals surface area contributed by atoms with E-state index in [1.807, 2.05) is 72.8 Å². The van der Waals surface area contributed by atoms with Crippen molar-refractivity contribution in [2.75, 3.05) is 13.2 Å². The lowest BCUT2D eigenvalue weighted by atomic mass is 9.80. The van der Waals surface area contributed by atoms with E-state index in [4.69, 9.17) is 9.47 Å². The molecule has 5 heteroatoms. The van der Waals surface area contributed by atoms with Crippen molar-refractivity contribution in [1.29, 1.82) is 0 Å². The second kappa shape index (κ2) is 8.52. The number of hydrogen-bond donors (Lipinski definition) is 0. The highest BCUT2D eigenvalue weighted by Gasteiger charge is 2.44. The zero-order chi connectivity index (χ0) is 21.2. The third-order valence-electron chi connectivity index (χ3n) is 6.36. The van der Waals surface area contributed by atoms with Gasteiger partial charge in [0.2, 0.25) is 0 Å². The first kappa shape index (κ1) is 19.8. The molecular formula is C26H25NO4. The second-order valence-electron chi connectivity index (χ2n) is 8.35. The smallest absolute Gasteiger partial charge is 0.410 e. The van der Waals surface area contributed by atoms with Gasteiger partial charge in [0.15, 0.2) is 5.78 Å². The summed E-state index contributed by atoms with van der Waals surface area (Å²) >= 11 is 0. The number of morpholine rings is 1. The molecule has 31 heavy (non-hydrogen) atoms. The molecule has 0 saturated carbocycles. The number of fused-ring (bicyclic) bond motifs is 3. The summed E-state index contributed by atoms with van der Waals surface area (Å²) in [4.78, 5) is 28.1. The second-order valence-corrected chi connectivity index (χ2v) is 8.35. The number of benzene rings is 3. The lowest BCUT2D eigenvalue weighted by molar-refractivity contribution is -0.0755. The van der Waals surface area contributed by atoms with Gasteiger partial charge in [0.05, 0.1) is 25.3 Å². The van der Waals surface area contributed by atoms with Crippen molar-refractivity contribution in [3.05, 3.63) is 83.9 Å².